The number of anilines is 1. The molecule has 1 aliphatic rings. The smallest absolute Gasteiger partial charge is 0.145 e. The van der Waals surface area contributed by atoms with E-state index in [-0.39, 0.29) is 5.54 Å². The monoisotopic (exact) mass is 242 g/mol. The molecule has 0 atom stereocenters. The molecule has 0 fully saturated rings. The van der Waals surface area contributed by atoms with Crippen molar-refractivity contribution in [2.75, 3.05) is 12.4 Å². The SMILES string of the molecule is COc1cc(C)cc2cc3c(nc12)NC(C)(C)C3. The predicted molar refractivity (Wildman–Crippen MR) is 74.4 cm³/mol. The number of rotatable bonds is 1. The summed E-state index contributed by atoms with van der Waals surface area (Å²) in [5.74, 6) is 1.84. The van der Waals surface area contributed by atoms with Crippen LogP contribution in [0.1, 0.15) is 25.0 Å². The Balaban J connectivity index is 2.26. The van der Waals surface area contributed by atoms with E-state index in [9.17, 15) is 0 Å². The topological polar surface area (TPSA) is 34.1 Å². The number of hydrogen-bond donors (Lipinski definition) is 1. The van der Waals surface area contributed by atoms with E-state index in [0.717, 1.165) is 28.9 Å². The minimum atomic E-state index is 0.0923. The molecule has 18 heavy (non-hydrogen) atoms. The van der Waals surface area contributed by atoms with Gasteiger partial charge in [0.25, 0.3) is 0 Å². The van der Waals surface area contributed by atoms with E-state index in [1.165, 1.54) is 11.1 Å². The van der Waals surface area contributed by atoms with Crippen LogP contribution in [0.4, 0.5) is 5.82 Å². The van der Waals surface area contributed by atoms with Crippen LogP contribution in [0.15, 0.2) is 18.2 Å². The summed E-state index contributed by atoms with van der Waals surface area (Å²) in [6, 6.07) is 6.42. The van der Waals surface area contributed by atoms with E-state index < -0.39 is 0 Å². The van der Waals surface area contributed by atoms with Gasteiger partial charge in [-0.05, 0) is 56.5 Å². The van der Waals surface area contributed by atoms with Crippen LogP contribution in [0.2, 0.25) is 0 Å². The molecule has 0 amide bonds. The number of methoxy groups -OCH3 is 1. The molecule has 1 aliphatic heterocycles. The zero-order valence-corrected chi connectivity index (χ0v) is 11.3. The molecule has 0 saturated carbocycles. The average molecular weight is 242 g/mol. The van der Waals surface area contributed by atoms with Crippen LogP contribution in [0.25, 0.3) is 10.9 Å². The van der Waals surface area contributed by atoms with Gasteiger partial charge in [0, 0.05) is 10.9 Å². The number of benzene rings is 1. The largest absolute Gasteiger partial charge is 0.494 e. The zero-order valence-electron chi connectivity index (χ0n) is 11.3. The van der Waals surface area contributed by atoms with Crippen molar-refractivity contribution in [1.29, 1.82) is 0 Å². The lowest BCUT2D eigenvalue weighted by molar-refractivity contribution is 0.418. The first-order valence-electron chi connectivity index (χ1n) is 6.25. The second-order valence-corrected chi connectivity index (χ2v) is 5.72. The summed E-state index contributed by atoms with van der Waals surface area (Å²) in [5, 5.41) is 4.62. The van der Waals surface area contributed by atoms with Crippen molar-refractivity contribution < 1.29 is 4.74 Å². The third kappa shape index (κ3) is 1.70. The Morgan fingerprint density at radius 3 is 2.78 bits per heavy atom. The number of ether oxygens (including phenoxy) is 1. The molecule has 0 spiro atoms. The van der Waals surface area contributed by atoms with Crippen molar-refractivity contribution >= 4 is 16.7 Å². The summed E-state index contributed by atoms with van der Waals surface area (Å²) >= 11 is 0. The highest BCUT2D eigenvalue weighted by molar-refractivity contribution is 5.88. The van der Waals surface area contributed by atoms with E-state index in [1.54, 1.807) is 7.11 Å². The number of hydrogen-bond acceptors (Lipinski definition) is 3. The van der Waals surface area contributed by atoms with Crippen molar-refractivity contribution in [3.05, 3.63) is 29.3 Å². The van der Waals surface area contributed by atoms with Crippen LogP contribution in [-0.2, 0) is 6.42 Å². The van der Waals surface area contributed by atoms with Crippen LogP contribution >= 0.6 is 0 Å². The summed E-state index contributed by atoms with van der Waals surface area (Å²) in [6.07, 6.45) is 1.02. The molecule has 0 aliphatic carbocycles. The molecular formula is C15H18N2O. The Bertz CT molecular complexity index is 632. The van der Waals surface area contributed by atoms with Gasteiger partial charge in [-0.3, -0.25) is 0 Å². The fraction of sp³-hybridized carbons (Fsp3) is 0.400. The summed E-state index contributed by atoms with van der Waals surface area (Å²) in [4.78, 5) is 4.73. The summed E-state index contributed by atoms with van der Waals surface area (Å²) < 4.78 is 5.43. The minimum Gasteiger partial charge on any atom is -0.494 e. The quantitative estimate of drug-likeness (QED) is 0.833. The summed E-state index contributed by atoms with van der Waals surface area (Å²) in [7, 11) is 1.69. The van der Waals surface area contributed by atoms with Crippen LogP contribution in [-0.4, -0.2) is 17.6 Å². The molecule has 1 aromatic carbocycles. The Morgan fingerprint density at radius 1 is 1.28 bits per heavy atom. The van der Waals surface area contributed by atoms with Crippen molar-refractivity contribution in [2.24, 2.45) is 0 Å². The highest BCUT2D eigenvalue weighted by Gasteiger charge is 2.29. The Kier molecular flexibility index (Phi) is 2.27. The Morgan fingerprint density at radius 2 is 2.06 bits per heavy atom. The number of nitrogens with one attached hydrogen (secondary N) is 1. The van der Waals surface area contributed by atoms with E-state index in [1.807, 2.05) is 6.07 Å². The zero-order chi connectivity index (χ0) is 12.9. The normalized spacial score (nSPS) is 16.4. The molecule has 0 bridgehead atoms. The van der Waals surface area contributed by atoms with Crippen LogP contribution in [0.5, 0.6) is 5.75 Å². The fourth-order valence-corrected chi connectivity index (χ4v) is 2.68. The number of fused-ring (bicyclic) bond motifs is 2. The molecule has 0 unspecified atom stereocenters. The van der Waals surface area contributed by atoms with Crippen LogP contribution in [0.3, 0.4) is 0 Å². The lowest BCUT2D eigenvalue weighted by atomic mass is 10.00. The summed E-state index contributed by atoms with van der Waals surface area (Å²) in [5.41, 5.74) is 3.52. The van der Waals surface area contributed by atoms with Gasteiger partial charge in [0.05, 0.1) is 7.11 Å². The highest BCUT2D eigenvalue weighted by Crippen LogP contribution is 2.35. The van der Waals surface area contributed by atoms with E-state index in [2.05, 4.69) is 38.2 Å². The molecule has 3 rings (SSSR count). The molecular weight excluding hydrogens is 224 g/mol. The first kappa shape index (κ1) is 11.3. The molecule has 1 aromatic heterocycles. The van der Waals surface area contributed by atoms with Gasteiger partial charge in [0.15, 0.2) is 0 Å². The van der Waals surface area contributed by atoms with Crippen LogP contribution in [0, 0.1) is 6.92 Å². The first-order chi connectivity index (χ1) is 8.48. The van der Waals surface area contributed by atoms with Gasteiger partial charge >= 0.3 is 0 Å². The van der Waals surface area contributed by atoms with Gasteiger partial charge in [-0.15, -0.1) is 0 Å². The number of aryl methyl sites for hydroxylation is 1. The molecule has 1 N–H and O–H groups in total. The van der Waals surface area contributed by atoms with E-state index in [0.29, 0.717) is 0 Å². The third-order valence-electron chi connectivity index (χ3n) is 3.42. The average Bonchev–Trinajstić information content (AvgIpc) is 2.58. The minimum absolute atomic E-state index is 0.0923. The van der Waals surface area contributed by atoms with Gasteiger partial charge in [0.2, 0.25) is 0 Å². The predicted octanol–water partition coefficient (Wildman–Crippen LogP) is 3.30. The first-order valence-corrected chi connectivity index (χ1v) is 6.25. The number of pyridine rings is 1. The maximum atomic E-state index is 5.43. The fourth-order valence-electron chi connectivity index (χ4n) is 2.68. The van der Waals surface area contributed by atoms with Crippen LogP contribution < -0.4 is 10.1 Å². The Hall–Kier alpha value is -1.77. The van der Waals surface area contributed by atoms with Crippen molar-refractivity contribution in [3.8, 4) is 5.75 Å². The molecule has 0 saturated heterocycles. The molecule has 94 valence electrons. The van der Waals surface area contributed by atoms with Crippen molar-refractivity contribution in [1.82, 2.24) is 4.98 Å². The van der Waals surface area contributed by atoms with Crippen molar-refractivity contribution in [2.45, 2.75) is 32.7 Å². The summed E-state index contributed by atoms with van der Waals surface area (Å²) in [6.45, 7) is 6.47. The van der Waals surface area contributed by atoms with Gasteiger partial charge in [-0.1, -0.05) is 0 Å². The van der Waals surface area contributed by atoms with Crippen molar-refractivity contribution in [3.63, 3.8) is 0 Å². The standard InChI is InChI=1S/C15H18N2O/c1-9-5-10-7-11-8-15(2,3)17-14(11)16-13(10)12(6-9)18-4/h5-7H,8H2,1-4H3,(H,16,17). The highest BCUT2D eigenvalue weighted by atomic mass is 16.5. The lowest BCUT2D eigenvalue weighted by Crippen LogP contribution is -2.27. The maximum absolute atomic E-state index is 5.43. The molecule has 3 heteroatoms. The number of aromatic nitrogens is 1. The van der Waals surface area contributed by atoms with E-state index >= 15 is 0 Å². The van der Waals surface area contributed by atoms with Gasteiger partial charge in [0.1, 0.15) is 17.1 Å². The molecule has 0 radical (unpaired) electrons. The second kappa shape index (κ2) is 3.61. The Labute approximate surface area is 107 Å². The maximum Gasteiger partial charge on any atom is 0.145 e. The van der Waals surface area contributed by atoms with Gasteiger partial charge < -0.3 is 10.1 Å². The molecule has 3 nitrogen and oxygen atoms in total. The molecule has 2 heterocycles. The lowest BCUT2D eigenvalue weighted by Gasteiger charge is -2.17. The van der Waals surface area contributed by atoms with Gasteiger partial charge in [-0.2, -0.15) is 0 Å². The molecule has 2 aromatic rings. The third-order valence-corrected chi connectivity index (χ3v) is 3.42. The van der Waals surface area contributed by atoms with E-state index in [4.69, 9.17) is 9.72 Å². The number of nitrogens with zero attached hydrogens (tertiary/aromatic N) is 1. The second-order valence-electron chi connectivity index (χ2n) is 5.72. The van der Waals surface area contributed by atoms with Gasteiger partial charge in [-0.25, -0.2) is 4.98 Å².